The van der Waals surface area contributed by atoms with Crippen LogP contribution in [0.3, 0.4) is 0 Å². The van der Waals surface area contributed by atoms with Gasteiger partial charge < -0.3 is 9.73 Å². The van der Waals surface area contributed by atoms with E-state index in [1.165, 1.54) is 6.33 Å². The fourth-order valence-corrected chi connectivity index (χ4v) is 2.41. The number of nitrogens with zero attached hydrogens (tertiary/aromatic N) is 3. The van der Waals surface area contributed by atoms with Gasteiger partial charge in [0.25, 0.3) is 5.89 Å². The van der Waals surface area contributed by atoms with Crippen LogP contribution in [0.4, 0.5) is 5.69 Å². The van der Waals surface area contributed by atoms with Crippen molar-refractivity contribution >= 4 is 22.7 Å². The molecule has 0 saturated heterocycles. The second kappa shape index (κ2) is 3.44. The number of hydrogen-bond acceptors (Lipinski definition) is 5. The molecule has 0 saturated carbocycles. The molecule has 0 bridgehead atoms. The van der Waals surface area contributed by atoms with E-state index in [4.69, 9.17) is 4.42 Å². The molecule has 2 N–H and O–H groups in total. The van der Waals surface area contributed by atoms with Crippen LogP contribution in [-0.4, -0.2) is 26.1 Å². The zero-order valence-corrected chi connectivity index (χ0v) is 10.9. The van der Waals surface area contributed by atoms with Gasteiger partial charge >= 0.3 is 0 Å². The highest BCUT2D eigenvalue weighted by atomic mass is 16.3. The predicted molar refractivity (Wildman–Crippen MR) is 71.0 cm³/mol. The van der Waals surface area contributed by atoms with Gasteiger partial charge in [0.15, 0.2) is 5.58 Å². The van der Waals surface area contributed by atoms with Crippen LogP contribution < -0.4 is 5.32 Å². The SMILES string of the molecule is CC1(C)C(=O)Nc2cc3oc(-c4ncn[nH]4)nc3cc21. The summed E-state index contributed by atoms with van der Waals surface area (Å²) in [5.74, 6) is 0.838. The minimum absolute atomic E-state index is 0.0180. The van der Waals surface area contributed by atoms with Crippen LogP contribution in [0.25, 0.3) is 22.8 Å². The van der Waals surface area contributed by atoms with Crippen LogP contribution in [0.5, 0.6) is 0 Å². The van der Waals surface area contributed by atoms with Crippen molar-refractivity contribution in [2.45, 2.75) is 19.3 Å². The number of carbonyl (C=O) groups excluding carboxylic acids is 1. The zero-order valence-electron chi connectivity index (χ0n) is 10.9. The summed E-state index contributed by atoms with van der Waals surface area (Å²) in [5.41, 5.74) is 2.43. The van der Waals surface area contributed by atoms with Gasteiger partial charge in [-0.15, -0.1) is 0 Å². The molecule has 4 rings (SSSR count). The Morgan fingerprint density at radius 1 is 1.30 bits per heavy atom. The molecular formula is C13H11N5O2. The van der Waals surface area contributed by atoms with Gasteiger partial charge in [0.2, 0.25) is 11.7 Å². The lowest BCUT2D eigenvalue weighted by atomic mass is 9.86. The summed E-state index contributed by atoms with van der Waals surface area (Å²) in [6.45, 7) is 3.77. The summed E-state index contributed by atoms with van der Waals surface area (Å²) in [4.78, 5) is 20.3. The van der Waals surface area contributed by atoms with E-state index in [0.717, 1.165) is 11.3 Å². The first-order chi connectivity index (χ1) is 9.55. The topological polar surface area (TPSA) is 96.7 Å². The lowest BCUT2D eigenvalue weighted by molar-refractivity contribution is -0.119. The second-order valence-electron chi connectivity index (χ2n) is 5.30. The number of rotatable bonds is 1. The van der Waals surface area contributed by atoms with Crippen LogP contribution in [-0.2, 0) is 10.2 Å². The summed E-state index contributed by atoms with van der Waals surface area (Å²) in [6.07, 6.45) is 1.40. The van der Waals surface area contributed by atoms with Crippen LogP contribution in [0.15, 0.2) is 22.9 Å². The summed E-state index contributed by atoms with van der Waals surface area (Å²) in [5, 5.41) is 9.34. The number of anilines is 1. The van der Waals surface area contributed by atoms with Crippen LogP contribution >= 0.6 is 0 Å². The van der Waals surface area contributed by atoms with E-state index in [-0.39, 0.29) is 5.91 Å². The number of hydrogen-bond donors (Lipinski definition) is 2. The Morgan fingerprint density at radius 3 is 2.90 bits per heavy atom. The molecular weight excluding hydrogens is 258 g/mol. The van der Waals surface area contributed by atoms with Crippen molar-refractivity contribution in [3.8, 4) is 11.7 Å². The molecule has 0 radical (unpaired) electrons. The van der Waals surface area contributed by atoms with Crippen molar-refractivity contribution < 1.29 is 9.21 Å². The molecule has 7 nitrogen and oxygen atoms in total. The van der Waals surface area contributed by atoms with E-state index in [9.17, 15) is 4.79 Å². The lowest BCUT2D eigenvalue weighted by Gasteiger charge is -2.14. The van der Waals surface area contributed by atoms with E-state index in [1.807, 2.05) is 19.9 Å². The number of nitrogens with one attached hydrogen (secondary N) is 2. The fraction of sp³-hybridized carbons (Fsp3) is 0.231. The van der Waals surface area contributed by atoms with Crippen molar-refractivity contribution in [2.24, 2.45) is 0 Å². The summed E-state index contributed by atoms with van der Waals surface area (Å²) in [7, 11) is 0. The molecule has 0 atom stereocenters. The van der Waals surface area contributed by atoms with E-state index in [2.05, 4.69) is 25.5 Å². The molecule has 3 heterocycles. The Morgan fingerprint density at radius 2 is 2.15 bits per heavy atom. The Labute approximate surface area is 113 Å². The number of aromatic amines is 1. The predicted octanol–water partition coefficient (Wildman–Crippen LogP) is 1.84. The fourth-order valence-electron chi connectivity index (χ4n) is 2.41. The molecule has 2 aromatic heterocycles. The van der Waals surface area contributed by atoms with Gasteiger partial charge in [0.1, 0.15) is 11.8 Å². The van der Waals surface area contributed by atoms with Gasteiger partial charge in [-0.05, 0) is 25.5 Å². The third kappa shape index (κ3) is 1.34. The lowest BCUT2D eigenvalue weighted by Crippen LogP contribution is -2.26. The highest BCUT2D eigenvalue weighted by molar-refractivity contribution is 6.07. The van der Waals surface area contributed by atoms with Crippen LogP contribution in [0, 0.1) is 0 Å². The maximum absolute atomic E-state index is 11.9. The van der Waals surface area contributed by atoms with E-state index >= 15 is 0 Å². The normalized spacial score (nSPS) is 16.4. The van der Waals surface area contributed by atoms with Gasteiger partial charge in [0.05, 0.1) is 5.41 Å². The minimum atomic E-state index is -0.561. The summed E-state index contributed by atoms with van der Waals surface area (Å²) >= 11 is 0. The molecule has 20 heavy (non-hydrogen) atoms. The first-order valence-electron chi connectivity index (χ1n) is 6.18. The third-order valence-corrected chi connectivity index (χ3v) is 3.63. The zero-order chi connectivity index (χ0) is 13.9. The molecule has 0 unspecified atom stereocenters. The first-order valence-corrected chi connectivity index (χ1v) is 6.18. The summed E-state index contributed by atoms with van der Waals surface area (Å²) in [6, 6.07) is 3.68. The van der Waals surface area contributed by atoms with E-state index in [0.29, 0.717) is 22.8 Å². The maximum atomic E-state index is 11.9. The molecule has 0 spiro atoms. The van der Waals surface area contributed by atoms with Crippen molar-refractivity contribution in [2.75, 3.05) is 5.32 Å². The highest BCUT2D eigenvalue weighted by Crippen LogP contribution is 2.40. The molecule has 3 aromatic rings. The Kier molecular flexibility index (Phi) is 1.92. The number of carbonyl (C=O) groups is 1. The monoisotopic (exact) mass is 269 g/mol. The molecule has 1 amide bonds. The summed E-state index contributed by atoms with van der Waals surface area (Å²) < 4.78 is 5.64. The molecule has 0 aliphatic carbocycles. The Hall–Kier alpha value is -2.70. The third-order valence-electron chi connectivity index (χ3n) is 3.63. The quantitative estimate of drug-likeness (QED) is 0.702. The first kappa shape index (κ1) is 11.2. The number of aromatic nitrogens is 4. The number of amides is 1. The molecule has 1 aliphatic rings. The van der Waals surface area contributed by atoms with Gasteiger partial charge in [-0.3, -0.25) is 9.89 Å². The molecule has 7 heteroatoms. The number of oxazole rings is 1. The highest BCUT2D eigenvalue weighted by Gasteiger charge is 2.39. The van der Waals surface area contributed by atoms with Crippen molar-refractivity contribution in [1.82, 2.24) is 20.2 Å². The number of benzene rings is 1. The van der Waals surface area contributed by atoms with Crippen molar-refractivity contribution in [3.05, 3.63) is 24.0 Å². The molecule has 0 fully saturated rings. The van der Waals surface area contributed by atoms with Crippen LogP contribution in [0.2, 0.25) is 0 Å². The Bertz CT molecular complexity index is 832. The maximum Gasteiger partial charge on any atom is 0.265 e. The van der Waals surface area contributed by atoms with E-state index in [1.54, 1.807) is 6.07 Å². The van der Waals surface area contributed by atoms with Crippen LogP contribution in [0.1, 0.15) is 19.4 Å². The molecule has 1 aromatic carbocycles. The second-order valence-corrected chi connectivity index (χ2v) is 5.30. The van der Waals surface area contributed by atoms with Gasteiger partial charge in [0, 0.05) is 11.8 Å². The molecule has 100 valence electrons. The smallest absolute Gasteiger partial charge is 0.265 e. The average molecular weight is 269 g/mol. The average Bonchev–Trinajstić information content (AvgIpc) is 3.08. The van der Waals surface area contributed by atoms with E-state index < -0.39 is 5.41 Å². The largest absolute Gasteiger partial charge is 0.433 e. The molecule has 1 aliphatic heterocycles. The van der Waals surface area contributed by atoms with Crippen molar-refractivity contribution in [1.29, 1.82) is 0 Å². The number of fused-ring (bicyclic) bond motifs is 2. The minimum Gasteiger partial charge on any atom is -0.433 e. The van der Waals surface area contributed by atoms with Gasteiger partial charge in [-0.2, -0.15) is 5.10 Å². The Balaban J connectivity index is 1.93. The van der Waals surface area contributed by atoms with Gasteiger partial charge in [-0.1, -0.05) is 0 Å². The standard InChI is InChI=1S/C13H11N5O2/c1-13(2)6-3-8-9(4-7(6)17-12(13)19)20-11(16-8)10-14-5-15-18-10/h3-5H,1-2H3,(H,17,19)(H,14,15,18). The number of H-pyrrole nitrogens is 1. The van der Waals surface area contributed by atoms with Crippen molar-refractivity contribution in [3.63, 3.8) is 0 Å². The van der Waals surface area contributed by atoms with Gasteiger partial charge in [-0.25, -0.2) is 9.97 Å².